The Hall–Kier alpha value is -1.35. The second-order valence-electron chi connectivity index (χ2n) is 17.3. The molecule has 0 aliphatic heterocycles. The van der Waals surface area contributed by atoms with Gasteiger partial charge in [-0.05, 0) is 137 Å². The highest BCUT2D eigenvalue weighted by Gasteiger charge is 2.88. The van der Waals surface area contributed by atoms with Crippen molar-refractivity contribution in [3.05, 3.63) is 35.9 Å². The van der Waals surface area contributed by atoms with E-state index < -0.39 is 5.97 Å². The van der Waals surface area contributed by atoms with Crippen molar-refractivity contribution in [1.82, 2.24) is 0 Å². The third-order valence-corrected chi connectivity index (χ3v) is 16.5. The summed E-state index contributed by atoms with van der Waals surface area (Å²) in [4.78, 5) is 14.0. The second kappa shape index (κ2) is 8.61. The molecule has 9 fully saturated rings. The Kier molecular flexibility index (Phi) is 6.19. The van der Waals surface area contributed by atoms with Gasteiger partial charge in [0.2, 0.25) is 0 Å². The topological polar surface area (TPSA) is 46.5 Å². The quantitative estimate of drug-likeness (QED) is 0.302. The summed E-state index contributed by atoms with van der Waals surface area (Å²) in [6.45, 7) is 24.7. The Balaban J connectivity index is 0.000000246. The summed E-state index contributed by atoms with van der Waals surface area (Å²) in [6, 6.07) is 8.25. The first-order valence-electron chi connectivity index (χ1n) is 16.5. The summed E-state index contributed by atoms with van der Waals surface area (Å²) in [5, 5.41) is 7.94. The highest BCUT2D eigenvalue weighted by molar-refractivity contribution is 5.88. The molecule has 1 N–H and O–H groups in total. The van der Waals surface area contributed by atoms with Gasteiger partial charge in [-0.2, -0.15) is 5.26 Å². The van der Waals surface area contributed by atoms with Crippen molar-refractivity contribution in [3.63, 3.8) is 0 Å². The van der Waals surface area contributed by atoms with Crippen LogP contribution in [0.4, 0.5) is 0 Å². The lowest BCUT2D eigenvalue weighted by Crippen LogP contribution is -2.86. The number of rotatable bonds is 3. The monoisotopic (exact) mass is 548 g/mol. The first-order valence-corrected chi connectivity index (χ1v) is 16.5. The molecule has 3 nitrogen and oxygen atoms in total. The van der Waals surface area contributed by atoms with Gasteiger partial charge >= 0.3 is 5.97 Å². The molecule has 222 valence electrons. The van der Waals surface area contributed by atoms with E-state index in [1.54, 1.807) is 49.6 Å². The molecule has 1 aromatic carbocycles. The highest BCUT2D eigenvalue weighted by atomic mass is 17.1. The first-order chi connectivity index (χ1) is 18.6. The zero-order valence-electron chi connectivity index (χ0n) is 26.9. The molecule has 6 bridgehead atoms. The fourth-order valence-corrected chi connectivity index (χ4v) is 14.6. The van der Waals surface area contributed by atoms with E-state index in [2.05, 4.69) is 67.2 Å². The van der Waals surface area contributed by atoms with Crippen LogP contribution in [0.5, 0.6) is 0 Å². The normalized spacial score (nSPS) is 48.2. The van der Waals surface area contributed by atoms with Gasteiger partial charge in [0.1, 0.15) is 0 Å². The summed E-state index contributed by atoms with van der Waals surface area (Å²) in [7, 11) is 0. The first kappa shape index (κ1) is 28.8. The Morgan fingerprint density at radius 1 is 0.700 bits per heavy atom. The van der Waals surface area contributed by atoms with Crippen molar-refractivity contribution in [2.45, 2.75) is 120 Å². The molecule has 0 saturated heterocycles. The highest BCUT2D eigenvalue weighted by Crippen LogP contribution is 2.95. The maximum absolute atomic E-state index is 10.5. The molecular formula is C37H56O3. The minimum atomic E-state index is -0.736. The summed E-state index contributed by atoms with van der Waals surface area (Å²) in [5.41, 5.74) is 4.12. The maximum Gasteiger partial charge on any atom is 0.372 e. The van der Waals surface area contributed by atoms with Crippen LogP contribution in [-0.4, -0.2) is 11.2 Å². The molecular weight excluding hydrogens is 492 g/mol. The van der Waals surface area contributed by atoms with E-state index in [4.69, 9.17) is 5.26 Å². The van der Waals surface area contributed by atoms with Crippen molar-refractivity contribution in [1.29, 1.82) is 0 Å². The molecule has 0 amide bonds. The van der Waals surface area contributed by atoms with E-state index in [1.807, 2.05) is 0 Å². The van der Waals surface area contributed by atoms with Gasteiger partial charge in [0, 0.05) is 0 Å². The molecule has 1 aromatic rings. The molecule has 9 atom stereocenters. The average Bonchev–Trinajstić information content (AvgIpc) is 2.92. The Bertz CT molecular complexity index is 1170. The fourth-order valence-electron chi connectivity index (χ4n) is 14.6. The van der Waals surface area contributed by atoms with E-state index in [9.17, 15) is 4.79 Å². The van der Waals surface area contributed by atoms with E-state index in [-0.39, 0.29) is 0 Å². The largest absolute Gasteiger partial charge is 0.372 e. The van der Waals surface area contributed by atoms with Crippen LogP contribution in [0.1, 0.15) is 130 Å². The zero-order valence-corrected chi connectivity index (χ0v) is 26.9. The lowest BCUT2D eigenvalue weighted by atomic mass is 9.12. The zero-order chi connectivity index (χ0) is 29.1. The number of carbonyl (C=O) groups excluding carboxylic acids is 1. The number of carbonyl (C=O) groups is 1. The molecule has 0 radical (unpaired) electrons. The molecule has 40 heavy (non-hydrogen) atoms. The minimum absolute atomic E-state index is 0.338. The molecule has 3 heteroatoms. The summed E-state index contributed by atoms with van der Waals surface area (Å²) >= 11 is 0. The Morgan fingerprint density at radius 3 is 1.65 bits per heavy atom. The molecule has 0 spiro atoms. The van der Waals surface area contributed by atoms with E-state index >= 15 is 0 Å². The van der Waals surface area contributed by atoms with Crippen molar-refractivity contribution < 1.29 is 14.9 Å². The maximum atomic E-state index is 10.5. The summed E-state index contributed by atoms with van der Waals surface area (Å²) in [6.07, 6.45) is 13.7. The van der Waals surface area contributed by atoms with Gasteiger partial charge < -0.3 is 0 Å². The van der Waals surface area contributed by atoms with Crippen LogP contribution in [0.25, 0.3) is 0 Å². The average molecular weight is 549 g/mol. The van der Waals surface area contributed by atoms with E-state index in [0.717, 1.165) is 29.6 Å². The Morgan fingerprint density at radius 2 is 1.20 bits per heavy atom. The van der Waals surface area contributed by atoms with Crippen LogP contribution >= 0.6 is 0 Å². The van der Waals surface area contributed by atoms with Crippen molar-refractivity contribution in [2.75, 3.05) is 0 Å². The third kappa shape index (κ3) is 2.86. The lowest BCUT2D eigenvalue weighted by Gasteiger charge is -2.92. The van der Waals surface area contributed by atoms with Gasteiger partial charge in [0.15, 0.2) is 0 Å². The number of benzene rings is 1. The molecule has 9 saturated carbocycles. The molecule has 10 rings (SSSR count). The van der Waals surface area contributed by atoms with Gasteiger partial charge in [0.05, 0.1) is 5.56 Å². The predicted molar refractivity (Wildman–Crippen MR) is 162 cm³/mol. The predicted octanol–water partition coefficient (Wildman–Crippen LogP) is 10.1. The minimum Gasteiger partial charge on any atom is -0.296 e. The number of fused-ring (bicyclic) bond motifs is 6. The van der Waals surface area contributed by atoms with Gasteiger partial charge in [-0.1, -0.05) is 80.5 Å². The summed E-state index contributed by atoms with van der Waals surface area (Å²) < 4.78 is 0. The molecule has 0 heterocycles. The van der Waals surface area contributed by atoms with Crippen molar-refractivity contribution >= 4 is 5.97 Å². The van der Waals surface area contributed by atoms with Crippen LogP contribution in [0.15, 0.2) is 30.3 Å². The fraction of sp³-hybridized carbons (Fsp3) is 0.811. The molecule has 9 aliphatic carbocycles. The van der Waals surface area contributed by atoms with Gasteiger partial charge in [-0.3, -0.25) is 4.89 Å². The van der Waals surface area contributed by atoms with Crippen LogP contribution in [0.2, 0.25) is 0 Å². The van der Waals surface area contributed by atoms with Crippen LogP contribution in [0.3, 0.4) is 0 Å². The SMILES string of the molecule is CC1CCC2CC1(C1(C)CCC3CC1(C14CC(CCC1C)C4(C)C)C3(C)C)C2(C)C.O=C(OO)c1ccccc1. The Labute approximate surface area is 244 Å². The van der Waals surface area contributed by atoms with Crippen LogP contribution in [0, 0.1) is 67.5 Å². The van der Waals surface area contributed by atoms with Gasteiger partial charge in [-0.25, -0.2) is 4.79 Å². The van der Waals surface area contributed by atoms with Gasteiger partial charge in [0.25, 0.3) is 0 Å². The second-order valence-corrected chi connectivity index (χ2v) is 17.3. The molecule has 0 aromatic heterocycles. The van der Waals surface area contributed by atoms with Crippen LogP contribution < -0.4 is 0 Å². The standard InChI is InChI=1S/C30H50.C7H6O3/c1-19-10-12-21-16-28(19,24(21,3)4)27(9)15-14-23-18-30(27,26(23,7)8)29-17-22(25(29,5)6)13-11-20(29)2;8-7(10-9)6-4-2-1-3-5-6/h19-23H,10-18H2,1-9H3;1-5,9H. The van der Waals surface area contributed by atoms with E-state index in [1.165, 1.54) is 38.5 Å². The van der Waals surface area contributed by atoms with Crippen LogP contribution in [-0.2, 0) is 4.89 Å². The van der Waals surface area contributed by atoms with Gasteiger partial charge in [-0.15, -0.1) is 0 Å². The third-order valence-electron chi connectivity index (χ3n) is 16.5. The van der Waals surface area contributed by atoms with Crippen molar-refractivity contribution in [2.24, 2.45) is 67.5 Å². The number of hydrogen-bond donors (Lipinski definition) is 1. The lowest BCUT2D eigenvalue weighted by molar-refractivity contribution is -0.441. The summed E-state index contributed by atoms with van der Waals surface area (Å²) in [5.74, 6) is 4.05. The molecule has 9 unspecified atom stereocenters. The molecule has 9 aliphatic rings. The smallest absolute Gasteiger partial charge is 0.296 e. The van der Waals surface area contributed by atoms with Crippen molar-refractivity contribution in [3.8, 4) is 0 Å². The number of hydrogen-bond acceptors (Lipinski definition) is 3. The van der Waals surface area contributed by atoms with E-state index in [0.29, 0.717) is 43.5 Å².